The first-order valence-electron chi connectivity index (χ1n) is 4.63. The van der Waals surface area contributed by atoms with Gasteiger partial charge in [-0.1, -0.05) is 25.3 Å². The molecule has 0 radical (unpaired) electrons. The lowest BCUT2D eigenvalue weighted by molar-refractivity contribution is -0.142. The highest BCUT2D eigenvalue weighted by atomic mass is 32.1. The summed E-state index contributed by atoms with van der Waals surface area (Å²) in [7, 11) is 0. The van der Waals surface area contributed by atoms with E-state index in [1.807, 2.05) is 0 Å². The van der Waals surface area contributed by atoms with Crippen molar-refractivity contribution in [2.24, 2.45) is 5.41 Å². The lowest BCUT2D eigenvalue weighted by Crippen LogP contribution is -2.49. The quantitative estimate of drug-likeness (QED) is 0.818. The Balaban J connectivity index is 2.78. The van der Waals surface area contributed by atoms with E-state index >= 15 is 0 Å². The molecule has 1 amide bonds. The molecule has 7 heteroatoms. The number of nitrogens with one attached hydrogen (secondary N) is 1. The number of nitrogens with zero attached hydrogens (tertiary/aromatic N) is 2. The second-order valence-electron chi connectivity index (χ2n) is 4.40. The third kappa shape index (κ3) is 2.99. The van der Waals surface area contributed by atoms with Crippen molar-refractivity contribution in [1.82, 2.24) is 14.9 Å². The average molecular weight is 243 g/mol. The maximum atomic E-state index is 11.6. The van der Waals surface area contributed by atoms with E-state index in [1.165, 1.54) is 5.38 Å². The molecule has 0 aliphatic heterocycles. The lowest BCUT2D eigenvalue weighted by atomic mass is 9.87. The summed E-state index contributed by atoms with van der Waals surface area (Å²) in [5, 5.41) is 16.5. The average Bonchev–Trinajstić information content (AvgIpc) is 2.63. The Morgan fingerprint density at radius 2 is 2.12 bits per heavy atom. The molecule has 1 atom stereocenters. The number of carbonyl (C=O) groups excluding carboxylic acids is 1. The minimum Gasteiger partial charge on any atom is -0.480 e. The van der Waals surface area contributed by atoms with Crippen molar-refractivity contribution in [3.05, 3.63) is 11.1 Å². The molecule has 2 N–H and O–H groups in total. The predicted octanol–water partition coefficient (Wildman–Crippen LogP) is 0.767. The molecule has 6 nitrogen and oxygen atoms in total. The van der Waals surface area contributed by atoms with Crippen LogP contribution in [0, 0.1) is 5.41 Å². The standard InChI is InChI=1S/C9H13N3O3S/c1-9(2,3)6(8(14)15)10-7(13)5-4-16-12-11-5/h4,6H,1-3H3,(H,10,13)(H,14,15). The van der Waals surface area contributed by atoms with Gasteiger partial charge in [0.2, 0.25) is 0 Å². The topological polar surface area (TPSA) is 92.2 Å². The molecule has 0 fully saturated rings. The van der Waals surface area contributed by atoms with Gasteiger partial charge in [-0.05, 0) is 16.9 Å². The number of carboxylic acid groups (broad SMARTS) is 1. The molecule has 0 spiro atoms. The molecule has 88 valence electrons. The molecule has 1 rings (SSSR count). The highest BCUT2D eigenvalue weighted by Crippen LogP contribution is 2.19. The van der Waals surface area contributed by atoms with Gasteiger partial charge in [-0.2, -0.15) is 0 Å². The zero-order valence-corrected chi connectivity index (χ0v) is 10.0. The van der Waals surface area contributed by atoms with Gasteiger partial charge in [-0.15, -0.1) is 5.10 Å². The Morgan fingerprint density at radius 3 is 2.50 bits per heavy atom. The van der Waals surface area contributed by atoms with E-state index in [-0.39, 0.29) is 5.69 Å². The van der Waals surface area contributed by atoms with Gasteiger partial charge >= 0.3 is 5.97 Å². The molecular weight excluding hydrogens is 230 g/mol. The highest BCUT2D eigenvalue weighted by molar-refractivity contribution is 7.03. The van der Waals surface area contributed by atoms with Crippen molar-refractivity contribution >= 4 is 23.4 Å². The molecular formula is C9H13N3O3S. The third-order valence-electron chi connectivity index (χ3n) is 1.98. The number of aromatic nitrogens is 2. The first-order valence-corrected chi connectivity index (χ1v) is 5.46. The zero-order valence-electron chi connectivity index (χ0n) is 9.22. The van der Waals surface area contributed by atoms with E-state index in [4.69, 9.17) is 5.11 Å². The normalized spacial score (nSPS) is 13.2. The minimum absolute atomic E-state index is 0.139. The molecule has 0 aromatic carbocycles. The van der Waals surface area contributed by atoms with Crippen LogP contribution >= 0.6 is 11.5 Å². The number of aliphatic carboxylic acids is 1. The van der Waals surface area contributed by atoms with Crippen molar-refractivity contribution in [3.63, 3.8) is 0 Å². The molecule has 0 saturated carbocycles. The van der Waals surface area contributed by atoms with Crippen molar-refractivity contribution in [2.75, 3.05) is 0 Å². The number of rotatable bonds is 3. The monoisotopic (exact) mass is 243 g/mol. The van der Waals surface area contributed by atoms with Crippen LogP contribution < -0.4 is 5.32 Å². The Bertz CT molecular complexity index is 383. The van der Waals surface area contributed by atoms with Gasteiger partial charge in [-0.3, -0.25) is 4.79 Å². The van der Waals surface area contributed by atoms with Crippen LogP contribution in [-0.4, -0.2) is 32.6 Å². The first-order chi connectivity index (χ1) is 7.32. The number of carbonyl (C=O) groups is 2. The van der Waals surface area contributed by atoms with Gasteiger partial charge in [0, 0.05) is 5.38 Å². The van der Waals surface area contributed by atoms with Gasteiger partial charge in [0.05, 0.1) is 0 Å². The van der Waals surface area contributed by atoms with E-state index in [1.54, 1.807) is 20.8 Å². The number of hydrogen-bond donors (Lipinski definition) is 2. The summed E-state index contributed by atoms with van der Waals surface area (Å²) < 4.78 is 3.54. The maximum Gasteiger partial charge on any atom is 0.326 e. The Kier molecular flexibility index (Phi) is 3.58. The predicted molar refractivity (Wildman–Crippen MR) is 58.3 cm³/mol. The molecule has 1 unspecified atom stereocenters. The molecule has 0 aliphatic rings. The fraction of sp³-hybridized carbons (Fsp3) is 0.556. The van der Waals surface area contributed by atoms with Crippen molar-refractivity contribution in [1.29, 1.82) is 0 Å². The van der Waals surface area contributed by atoms with Crippen LogP contribution in [0.15, 0.2) is 5.38 Å². The molecule has 1 aromatic heterocycles. The summed E-state index contributed by atoms with van der Waals surface area (Å²) in [6, 6.07) is -0.957. The number of amides is 1. The van der Waals surface area contributed by atoms with Crippen LogP contribution in [0.3, 0.4) is 0 Å². The van der Waals surface area contributed by atoms with Crippen molar-refractivity contribution in [2.45, 2.75) is 26.8 Å². The Morgan fingerprint density at radius 1 is 1.50 bits per heavy atom. The summed E-state index contributed by atoms with van der Waals surface area (Å²) in [4.78, 5) is 22.6. The number of carboxylic acids is 1. The minimum atomic E-state index is -1.07. The Hall–Kier alpha value is -1.50. The van der Waals surface area contributed by atoms with Gasteiger partial charge in [0.1, 0.15) is 6.04 Å². The van der Waals surface area contributed by atoms with Crippen LogP contribution in [0.5, 0.6) is 0 Å². The first kappa shape index (κ1) is 12.6. The van der Waals surface area contributed by atoms with Gasteiger partial charge in [0.15, 0.2) is 5.69 Å². The van der Waals surface area contributed by atoms with Gasteiger partial charge in [0.25, 0.3) is 5.91 Å². The van der Waals surface area contributed by atoms with E-state index in [0.29, 0.717) is 0 Å². The third-order valence-corrected chi connectivity index (χ3v) is 2.49. The Labute approximate surface area is 96.8 Å². The van der Waals surface area contributed by atoms with E-state index in [0.717, 1.165) is 11.5 Å². The van der Waals surface area contributed by atoms with Crippen LogP contribution in [0.25, 0.3) is 0 Å². The number of hydrogen-bond acceptors (Lipinski definition) is 5. The second-order valence-corrected chi connectivity index (χ2v) is 5.01. The summed E-state index contributed by atoms with van der Waals surface area (Å²) in [6.07, 6.45) is 0. The zero-order chi connectivity index (χ0) is 12.3. The molecule has 0 aliphatic carbocycles. The smallest absolute Gasteiger partial charge is 0.326 e. The van der Waals surface area contributed by atoms with E-state index in [2.05, 4.69) is 14.9 Å². The molecule has 0 bridgehead atoms. The van der Waals surface area contributed by atoms with Gasteiger partial charge < -0.3 is 10.4 Å². The van der Waals surface area contributed by atoms with Crippen LogP contribution in [0.4, 0.5) is 0 Å². The summed E-state index contributed by atoms with van der Waals surface area (Å²) in [5.74, 6) is -1.58. The van der Waals surface area contributed by atoms with Crippen molar-refractivity contribution < 1.29 is 14.7 Å². The lowest BCUT2D eigenvalue weighted by Gasteiger charge is -2.27. The van der Waals surface area contributed by atoms with Crippen LogP contribution in [0.2, 0.25) is 0 Å². The fourth-order valence-corrected chi connectivity index (χ4v) is 1.55. The summed E-state index contributed by atoms with van der Waals surface area (Å²) in [5.41, 5.74) is -0.425. The maximum absolute atomic E-state index is 11.6. The molecule has 1 heterocycles. The van der Waals surface area contributed by atoms with Crippen LogP contribution in [-0.2, 0) is 4.79 Å². The van der Waals surface area contributed by atoms with Gasteiger partial charge in [-0.25, -0.2) is 4.79 Å². The summed E-state index contributed by atoms with van der Waals surface area (Å²) in [6.45, 7) is 5.22. The highest BCUT2D eigenvalue weighted by Gasteiger charge is 2.33. The fourth-order valence-electron chi connectivity index (χ4n) is 1.12. The molecule has 0 saturated heterocycles. The van der Waals surface area contributed by atoms with Crippen LogP contribution in [0.1, 0.15) is 31.3 Å². The second kappa shape index (κ2) is 4.56. The van der Waals surface area contributed by atoms with Crippen molar-refractivity contribution in [3.8, 4) is 0 Å². The SMILES string of the molecule is CC(C)(C)C(NC(=O)c1csnn1)C(=O)O. The largest absolute Gasteiger partial charge is 0.480 e. The summed E-state index contributed by atoms with van der Waals surface area (Å²) >= 11 is 1.04. The molecule has 16 heavy (non-hydrogen) atoms. The molecule has 1 aromatic rings. The van der Waals surface area contributed by atoms with E-state index in [9.17, 15) is 9.59 Å². The van der Waals surface area contributed by atoms with E-state index < -0.39 is 23.3 Å².